The fraction of sp³-hybridized carbons (Fsp3) is 0.174. The van der Waals surface area contributed by atoms with Crippen LogP contribution in [0.4, 0.5) is 4.79 Å². The van der Waals surface area contributed by atoms with Gasteiger partial charge in [0.05, 0.1) is 6.16 Å². The molecule has 4 heteroatoms. The van der Waals surface area contributed by atoms with Gasteiger partial charge in [0.2, 0.25) is 0 Å². The van der Waals surface area contributed by atoms with E-state index in [4.69, 9.17) is 4.74 Å². The van der Waals surface area contributed by atoms with Gasteiger partial charge in [0.25, 0.3) is 0 Å². The molecule has 4 rings (SSSR count). The number of hydrogen-bond donors (Lipinski definition) is 0. The van der Waals surface area contributed by atoms with Crippen LogP contribution >= 0.6 is 7.26 Å². The number of cyclic esters (lactones) is 1. The van der Waals surface area contributed by atoms with Crippen molar-refractivity contribution < 1.29 is 9.53 Å². The van der Waals surface area contributed by atoms with E-state index >= 15 is 0 Å². The average Bonchev–Trinajstić information content (AvgIpc) is 3.06. The second-order valence-electron chi connectivity index (χ2n) is 6.84. The first kappa shape index (κ1) is 17.8. The lowest BCUT2D eigenvalue weighted by Crippen LogP contribution is -2.41. The third-order valence-corrected chi connectivity index (χ3v) is 9.82. The Bertz CT molecular complexity index is 803. The molecule has 0 radical (unpaired) electrons. The number of hydrogen-bond acceptors (Lipinski definition) is 2. The molecule has 1 saturated heterocycles. The molecule has 1 amide bonds. The molecule has 0 aliphatic carbocycles. The summed E-state index contributed by atoms with van der Waals surface area (Å²) in [7, 11) is -0.0973. The third-order valence-electron chi connectivity index (χ3n) is 5.31. The van der Waals surface area contributed by atoms with E-state index in [1.807, 2.05) is 7.05 Å². The maximum Gasteiger partial charge on any atom is 0.410 e. The van der Waals surface area contributed by atoms with Crippen LogP contribution in [-0.2, 0) is 4.74 Å². The van der Waals surface area contributed by atoms with E-state index in [2.05, 4.69) is 91.0 Å². The van der Waals surface area contributed by atoms with Crippen LogP contribution in [0.5, 0.6) is 0 Å². The Balaban J connectivity index is 1.93. The van der Waals surface area contributed by atoms with Crippen LogP contribution in [0.3, 0.4) is 0 Å². The summed E-state index contributed by atoms with van der Waals surface area (Å²) in [5.41, 5.74) is 0. The molecule has 3 nitrogen and oxygen atoms in total. The van der Waals surface area contributed by atoms with Gasteiger partial charge in [0.1, 0.15) is 35.8 Å². The van der Waals surface area contributed by atoms with Crippen molar-refractivity contribution in [3.05, 3.63) is 91.0 Å². The number of carbonyl (C=O) groups is 1. The number of rotatable bonds is 5. The highest BCUT2D eigenvalue weighted by molar-refractivity contribution is 7.95. The topological polar surface area (TPSA) is 29.5 Å². The summed E-state index contributed by atoms with van der Waals surface area (Å²) in [6, 6.07) is 32.2. The molecule has 1 heterocycles. The van der Waals surface area contributed by atoms with Crippen molar-refractivity contribution in [1.82, 2.24) is 4.90 Å². The predicted molar refractivity (Wildman–Crippen MR) is 113 cm³/mol. The zero-order valence-electron chi connectivity index (χ0n) is 15.4. The number of likely N-dealkylation sites (N-methyl/N-ethyl adjacent to an activating group) is 1. The zero-order valence-corrected chi connectivity index (χ0v) is 16.3. The fourth-order valence-corrected chi connectivity index (χ4v) is 8.39. The van der Waals surface area contributed by atoms with Crippen molar-refractivity contribution in [2.24, 2.45) is 0 Å². The van der Waals surface area contributed by atoms with Gasteiger partial charge in [-0.05, 0) is 36.4 Å². The van der Waals surface area contributed by atoms with Crippen LogP contribution in [0.1, 0.15) is 0 Å². The fourth-order valence-electron chi connectivity index (χ4n) is 3.83. The SMILES string of the molecule is CN1C(=O)OCC1C[P+](c1ccccc1)(c1ccccc1)c1ccccc1. The molecular weight excluding hydrogens is 353 g/mol. The van der Waals surface area contributed by atoms with Crippen molar-refractivity contribution in [3.63, 3.8) is 0 Å². The first-order valence-electron chi connectivity index (χ1n) is 9.16. The molecule has 3 aromatic rings. The minimum Gasteiger partial charge on any atom is -0.447 e. The lowest BCUT2D eigenvalue weighted by Gasteiger charge is -2.30. The van der Waals surface area contributed by atoms with Crippen molar-refractivity contribution in [2.75, 3.05) is 19.8 Å². The van der Waals surface area contributed by atoms with Crippen LogP contribution < -0.4 is 15.9 Å². The summed E-state index contributed by atoms with van der Waals surface area (Å²) in [6.07, 6.45) is 0.639. The van der Waals surface area contributed by atoms with E-state index in [9.17, 15) is 4.79 Å². The quantitative estimate of drug-likeness (QED) is 0.639. The molecule has 1 fully saturated rings. The van der Waals surface area contributed by atoms with E-state index in [0.29, 0.717) is 6.61 Å². The Morgan fingerprint density at radius 3 is 1.56 bits per heavy atom. The summed E-state index contributed by atoms with van der Waals surface area (Å²) in [5.74, 6) is 0. The molecule has 1 unspecified atom stereocenters. The number of amides is 1. The molecule has 0 aromatic heterocycles. The standard InChI is InChI=1S/C23H23NO2P/c1-24-19(17-26-23(24)25)18-27(20-11-5-2-6-12-20,21-13-7-3-8-14-21)22-15-9-4-10-16-22/h2-16,19H,17-18H2,1H3/q+1. The van der Waals surface area contributed by atoms with Crippen LogP contribution in [0, 0.1) is 0 Å². The first-order valence-corrected chi connectivity index (χ1v) is 11.1. The normalized spacial score (nSPS) is 17.0. The minimum atomic E-state index is -1.94. The van der Waals surface area contributed by atoms with Crippen molar-refractivity contribution in [2.45, 2.75) is 6.04 Å². The largest absolute Gasteiger partial charge is 0.447 e. The molecule has 0 bridgehead atoms. The predicted octanol–water partition coefficient (Wildman–Crippen LogP) is 3.43. The Morgan fingerprint density at radius 2 is 1.22 bits per heavy atom. The van der Waals surface area contributed by atoms with E-state index < -0.39 is 7.26 Å². The van der Waals surface area contributed by atoms with Crippen LogP contribution in [0.25, 0.3) is 0 Å². The van der Waals surface area contributed by atoms with E-state index in [0.717, 1.165) is 6.16 Å². The van der Waals surface area contributed by atoms with Gasteiger partial charge in [-0.1, -0.05) is 54.6 Å². The first-order chi connectivity index (χ1) is 13.2. The van der Waals surface area contributed by atoms with Crippen LogP contribution in [0.2, 0.25) is 0 Å². The maximum atomic E-state index is 12.0. The van der Waals surface area contributed by atoms with Gasteiger partial charge in [-0.25, -0.2) is 4.79 Å². The van der Waals surface area contributed by atoms with E-state index in [-0.39, 0.29) is 12.1 Å². The molecule has 0 N–H and O–H groups in total. The van der Waals surface area contributed by atoms with Gasteiger partial charge in [-0.15, -0.1) is 0 Å². The summed E-state index contributed by atoms with van der Waals surface area (Å²) in [5, 5.41) is 3.99. The summed E-state index contributed by atoms with van der Waals surface area (Å²) >= 11 is 0. The molecule has 0 spiro atoms. The molecule has 3 aromatic carbocycles. The van der Waals surface area contributed by atoms with Crippen LogP contribution in [0.15, 0.2) is 91.0 Å². The summed E-state index contributed by atoms with van der Waals surface area (Å²) in [6.45, 7) is 0.448. The molecule has 27 heavy (non-hydrogen) atoms. The van der Waals surface area contributed by atoms with Gasteiger partial charge in [0, 0.05) is 7.05 Å². The number of carbonyl (C=O) groups excluding carboxylic acids is 1. The second kappa shape index (κ2) is 7.54. The Hall–Kier alpha value is -2.64. The Morgan fingerprint density at radius 1 is 0.815 bits per heavy atom. The summed E-state index contributed by atoms with van der Waals surface area (Å²) < 4.78 is 5.34. The smallest absolute Gasteiger partial charge is 0.410 e. The molecule has 1 aliphatic heterocycles. The van der Waals surface area contributed by atoms with Crippen molar-refractivity contribution >= 4 is 29.3 Å². The number of benzene rings is 3. The van der Waals surface area contributed by atoms with E-state index in [1.165, 1.54) is 15.9 Å². The van der Waals surface area contributed by atoms with Gasteiger partial charge in [-0.2, -0.15) is 0 Å². The van der Waals surface area contributed by atoms with Gasteiger partial charge in [0.15, 0.2) is 0 Å². The van der Waals surface area contributed by atoms with Gasteiger partial charge >= 0.3 is 6.09 Å². The highest BCUT2D eigenvalue weighted by Crippen LogP contribution is 2.56. The Kier molecular flexibility index (Phi) is 4.96. The average molecular weight is 376 g/mol. The molecule has 1 atom stereocenters. The van der Waals surface area contributed by atoms with Crippen molar-refractivity contribution in [1.29, 1.82) is 0 Å². The molecule has 136 valence electrons. The number of ether oxygens (including phenoxy) is 1. The maximum absolute atomic E-state index is 12.0. The molecule has 1 aliphatic rings. The zero-order chi connectivity index (χ0) is 18.7. The molecular formula is C23H23NO2P+. The monoisotopic (exact) mass is 376 g/mol. The third kappa shape index (κ3) is 3.24. The Labute approximate surface area is 160 Å². The minimum absolute atomic E-state index is 0.0615. The lowest BCUT2D eigenvalue weighted by molar-refractivity contribution is 0.163. The molecule has 0 saturated carbocycles. The van der Waals surface area contributed by atoms with Gasteiger partial charge < -0.3 is 9.64 Å². The highest BCUT2D eigenvalue weighted by Gasteiger charge is 2.49. The highest BCUT2D eigenvalue weighted by atomic mass is 31.2. The van der Waals surface area contributed by atoms with E-state index in [1.54, 1.807) is 4.90 Å². The van der Waals surface area contributed by atoms with Gasteiger partial charge in [-0.3, -0.25) is 0 Å². The van der Waals surface area contributed by atoms with Crippen LogP contribution in [-0.4, -0.2) is 36.9 Å². The second-order valence-corrected chi connectivity index (χ2v) is 10.4. The summed E-state index contributed by atoms with van der Waals surface area (Å²) in [4.78, 5) is 13.7. The van der Waals surface area contributed by atoms with Crippen molar-refractivity contribution in [3.8, 4) is 0 Å². The number of nitrogens with zero attached hydrogens (tertiary/aromatic N) is 1. The lowest BCUT2D eigenvalue weighted by atomic mass is 10.3.